The second-order valence-electron chi connectivity index (χ2n) is 9.75. The average molecular weight is 626 g/mol. The minimum Gasteiger partial charge on any atom is -0.490 e. The summed E-state index contributed by atoms with van der Waals surface area (Å²) in [6.45, 7) is 2.92. The topological polar surface area (TPSA) is 106 Å². The van der Waals surface area contributed by atoms with Crippen LogP contribution in [0.4, 0.5) is 0 Å². The maximum atomic E-state index is 11.4. The molecule has 40 heavy (non-hydrogen) atoms. The number of hydrogen-bond acceptors (Lipinski definition) is 5. The summed E-state index contributed by atoms with van der Waals surface area (Å²) in [6.07, 6.45) is 1.43. The molecule has 0 aliphatic heterocycles. The third-order valence-corrected chi connectivity index (χ3v) is 7.93. The molecule has 5 N–H and O–H groups in total. The van der Waals surface area contributed by atoms with Gasteiger partial charge in [0, 0.05) is 12.6 Å². The molecule has 0 radical (unpaired) electrons. The number of nitrogens with zero attached hydrogens (tertiary/aromatic N) is 2. The summed E-state index contributed by atoms with van der Waals surface area (Å²) in [4.78, 5) is 6.35. The van der Waals surface area contributed by atoms with Crippen molar-refractivity contribution in [2.75, 3.05) is 13.2 Å². The lowest BCUT2D eigenvalue weighted by Crippen LogP contribution is -2.46. The SMILES string of the molecule is Cc1cc(Cl)c(OCCOc2ccc(CC(N=C(N)N)C(O)N(Cc3cccc(Cl)c3Cl)C3CC3)cc2)c(Cl)c1. The lowest BCUT2D eigenvalue weighted by atomic mass is 10.0. The number of aliphatic hydroxyl groups excluding tert-OH is 1. The van der Waals surface area contributed by atoms with Gasteiger partial charge in [0.05, 0.1) is 26.1 Å². The monoisotopic (exact) mass is 624 g/mol. The van der Waals surface area contributed by atoms with Gasteiger partial charge in [0.2, 0.25) is 0 Å². The quantitative estimate of drug-likeness (QED) is 0.0899. The highest BCUT2D eigenvalue weighted by Gasteiger charge is 2.37. The molecule has 1 aliphatic carbocycles. The number of ether oxygens (including phenoxy) is 2. The van der Waals surface area contributed by atoms with E-state index in [0.717, 1.165) is 29.5 Å². The van der Waals surface area contributed by atoms with Crippen molar-refractivity contribution in [3.8, 4) is 11.5 Å². The molecular formula is C29H32Cl4N4O3. The van der Waals surface area contributed by atoms with Gasteiger partial charge >= 0.3 is 0 Å². The van der Waals surface area contributed by atoms with E-state index in [-0.39, 0.29) is 18.6 Å². The van der Waals surface area contributed by atoms with Crippen molar-refractivity contribution < 1.29 is 14.6 Å². The van der Waals surface area contributed by atoms with Gasteiger partial charge in [-0.1, -0.05) is 70.7 Å². The zero-order valence-corrected chi connectivity index (χ0v) is 25.0. The first-order chi connectivity index (χ1) is 19.1. The Morgan fingerprint density at radius 2 is 1.62 bits per heavy atom. The van der Waals surface area contributed by atoms with Gasteiger partial charge < -0.3 is 26.0 Å². The standard InChI is InChI=1S/C29H32Cl4N4O3/c1-17-13-23(31)27(24(32)14-17)40-12-11-39-21-9-5-18(6-10-21)15-25(36-29(34)35)28(38)37(20-7-8-20)16-19-3-2-4-22(30)26(19)33/h2-6,9-10,13-14,20,25,28,38H,7-8,11-12,15-16H2,1H3,(H4,34,35,36). The number of rotatable bonds is 13. The first-order valence-electron chi connectivity index (χ1n) is 12.9. The predicted molar refractivity (Wildman–Crippen MR) is 163 cm³/mol. The lowest BCUT2D eigenvalue weighted by molar-refractivity contribution is -0.0258. The van der Waals surface area contributed by atoms with Gasteiger partial charge in [-0.15, -0.1) is 0 Å². The second-order valence-corrected chi connectivity index (χ2v) is 11.4. The second kappa shape index (κ2) is 14.0. The Balaban J connectivity index is 1.37. The van der Waals surface area contributed by atoms with Crippen LogP contribution in [-0.2, 0) is 13.0 Å². The number of aryl methyl sites for hydroxylation is 1. The van der Waals surface area contributed by atoms with Crippen molar-refractivity contribution in [2.24, 2.45) is 16.5 Å². The van der Waals surface area contributed by atoms with Gasteiger partial charge in [0.25, 0.3) is 0 Å². The van der Waals surface area contributed by atoms with E-state index in [1.165, 1.54) is 0 Å². The van der Waals surface area contributed by atoms with E-state index < -0.39 is 12.3 Å². The third kappa shape index (κ3) is 8.32. The molecule has 0 aromatic heterocycles. The molecule has 1 saturated carbocycles. The molecule has 3 aromatic rings. The van der Waals surface area contributed by atoms with Crippen LogP contribution in [0.3, 0.4) is 0 Å². The van der Waals surface area contributed by atoms with Crippen LogP contribution >= 0.6 is 46.4 Å². The van der Waals surface area contributed by atoms with Crippen LogP contribution in [0.1, 0.15) is 29.5 Å². The minimum absolute atomic E-state index is 0.0886. The van der Waals surface area contributed by atoms with Crippen molar-refractivity contribution in [2.45, 2.75) is 51.0 Å². The summed E-state index contributed by atoms with van der Waals surface area (Å²) in [7, 11) is 0. The van der Waals surface area contributed by atoms with Gasteiger partial charge in [-0.2, -0.15) is 0 Å². The normalized spacial score (nSPS) is 14.6. The Hall–Kier alpha value is -2.39. The van der Waals surface area contributed by atoms with E-state index in [0.29, 0.717) is 51.2 Å². The van der Waals surface area contributed by atoms with Crippen LogP contribution < -0.4 is 20.9 Å². The van der Waals surface area contributed by atoms with E-state index in [1.807, 2.05) is 48.2 Å². The van der Waals surface area contributed by atoms with Crippen LogP contribution in [-0.4, -0.2) is 47.5 Å². The molecule has 11 heteroatoms. The first-order valence-corrected chi connectivity index (χ1v) is 14.4. The summed E-state index contributed by atoms with van der Waals surface area (Å²) in [5.74, 6) is 1.02. The van der Waals surface area contributed by atoms with E-state index >= 15 is 0 Å². The summed E-state index contributed by atoms with van der Waals surface area (Å²) in [5.41, 5.74) is 14.2. The summed E-state index contributed by atoms with van der Waals surface area (Å²) < 4.78 is 11.5. The fourth-order valence-electron chi connectivity index (χ4n) is 4.43. The molecule has 7 nitrogen and oxygen atoms in total. The van der Waals surface area contributed by atoms with Crippen molar-refractivity contribution >= 4 is 52.4 Å². The number of benzene rings is 3. The third-order valence-electron chi connectivity index (χ3n) is 6.51. The van der Waals surface area contributed by atoms with Gasteiger partial charge in [-0.25, -0.2) is 4.99 Å². The number of nitrogens with two attached hydrogens (primary N) is 2. The average Bonchev–Trinajstić information content (AvgIpc) is 3.74. The Labute approximate surface area is 254 Å². The molecule has 0 heterocycles. The Morgan fingerprint density at radius 3 is 2.25 bits per heavy atom. The van der Waals surface area contributed by atoms with Crippen LogP contribution in [0.15, 0.2) is 59.6 Å². The Bertz CT molecular complexity index is 1310. The van der Waals surface area contributed by atoms with E-state index in [1.54, 1.807) is 18.2 Å². The molecule has 1 aliphatic rings. The van der Waals surface area contributed by atoms with Crippen LogP contribution in [0.5, 0.6) is 11.5 Å². The summed E-state index contributed by atoms with van der Waals surface area (Å²) in [6, 6.07) is 16.2. The predicted octanol–water partition coefficient (Wildman–Crippen LogP) is 6.23. The number of aliphatic imine (C=N–C) groups is 1. The summed E-state index contributed by atoms with van der Waals surface area (Å²) >= 11 is 25.1. The largest absolute Gasteiger partial charge is 0.490 e. The number of aliphatic hydroxyl groups is 1. The molecule has 4 rings (SSSR count). The first kappa shape index (κ1) is 30.6. The highest BCUT2D eigenvalue weighted by molar-refractivity contribution is 6.42. The smallest absolute Gasteiger partial charge is 0.186 e. The van der Waals surface area contributed by atoms with Gasteiger partial charge in [-0.05, 0) is 73.2 Å². The molecule has 0 bridgehead atoms. The Morgan fingerprint density at radius 1 is 0.975 bits per heavy atom. The Kier molecular flexibility index (Phi) is 10.7. The maximum absolute atomic E-state index is 11.4. The zero-order valence-electron chi connectivity index (χ0n) is 22.0. The lowest BCUT2D eigenvalue weighted by Gasteiger charge is -2.32. The van der Waals surface area contributed by atoms with Crippen LogP contribution in [0.25, 0.3) is 0 Å². The maximum Gasteiger partial charge on any atom is 0.186 e. The number of guanidine groups is 1. The van der Waals surface area contributed by atoms with Crippen molar-refractivity contribution in [3.05, 3.63) is 91.4 Å². The van der Waals surface area contributed by atoms with Gasteiger partial charge in [0.15, 0.2) is 11.7 Å². The van der Waals surface area contributed by atoms with Crippen molar-refractivity contribution in [1.29, 1.82) is 0 Å². The fourth-order valence-corrected chi connectivity index (χ4v) is 5.52. The molecule has 214 valence electrons. The van der Waals surface area contributed by atoms with Gasteiger partial charge in [0.1, 0.15) is 25.2 Å². The minimum atomic E-state index is -0.932. The molecular weight excluding hydrogens is 594 g/mol. The van der Waals surface area contributed by atoms with Crippen molar-refractivity contribution in [3.63, 3.8) is 0 Å². The van der Waals surface area contributed by atoms with Crippen LogP contribution in [0.2, 0.25) is 20.1 Å². The molecule has 1 fully saturated rings. The number of halogens is 4. The molecule has 3 aromatic carbocycles. The fraction of sp³-hybridized carbons (Fsp3) is 0.345. The molecule has 0 saturated heterocycles. The van der Waals surface area contributed by atoms with Crippen molar-refractivity contribution in [1.82, 2.24) is 4.90 Å². The highest BCUT2D eigenvalue weighted by Crippen LogP contribution is 2.35. The van der Waals surface area contributed by atoms with E-state index in [9.17, 15) is 5.11 Å². The number of hydrogen-bond donors (Lipinski definition) is 3. The summed E-state index contributed by atoms with van der Waals surface area (Å²) in [5, 5.41) is 13.3. The van der Waals surface area contributed by atoms with Gasteiger partial charge in [-0.3, -0.25) is 4.90 Å². The van der Waals surface area contributed by atoms with E-state index in [2.05, 4.69) is 4.99 Å². The molecule has 2 atom stereocenters. The molecule has 0 spiro atoms. The zero-order chi connectivity index (χ0) is 28.8. The highest BCUT2D eigenvalue weighted by atomic mass is 35.5. The molecule has 2 unspecified atom stereocenters. The van der Waals surface area contributed by atoms with Crippen LogP contribution in [0, 0.1) is 6.92 Å². The van der Waals surface area contributed by atoms with E-state index in [4.69, 9.17) is 67.3 Å². The molecule has 0 amide bonds.